The van der Waals surface area contributed by atoms with E-state index in [1.165, 1.54) is 0 Å². The molecule has 0 amide bonds. The zero-order valence-electron chi connectivity index (χ0n) is 11.0. The highest BCUT2D eigenvalue weighted by atomic mass is 32.1. The van der Waals surface area contributed by atoms with Gasteiger partial charge in [-0.25, -0.2) is 0 Å². The number of nitrogens with one attached hydrogen (secondary N) is 1. The third-order valence-corrected chi connectivity index (χ3v) is 3.71. The minimum atomic E-state index is -1.05. The van der Waals surface area contributed by atoms with Crippen molar-refractivity contribution in [2.24, 2.45) is 5.11 Å². The van der Waals surface area contributed by atoms with Gasteiger partial charge in [-0.05, 0) is 23.1 Å². The topological polar surface area (TPSA) is 122 Å². The van der Waals surface area contributed by atoms with Crippen LogP contribution in [-0.4, -0.2) is 27.8 Å². The first-order valence-electron chi connectivity index (χ1n) is 6.27. The van der Waals surface area contributed by atoms with Crippen molar-refractivity contribution in [2.45, 2.75) is 18.6 Å². The van der Waals surface area contributed by atoms with Gasteiger partial charge in [0.2, 0.25) is 0 Å². The second kappa shape index (κ2) is 7.05. The van der Waals surface area contributed by atoms with Crippen molar-refractivity contribution in [3.8, 4) is 11.3 Å². The van der Waals surface area contributed by atoms with Crippen molar-refractivity contribution in [3.05, 3.63) is 55.3 Å². The molecule has 0 spiro atoms. The van der Waals surface area contributed by atoms with Crippen LogP contribution in [0.4, 0.5) is 0 Å². The summed E-state index contributed by atoms with van der Waals surface area (Å²) in [6, 6.07) is 6.90. The van der Waals surface area contributed by atoms with Crippen LogP contribution < -0.4 is 4.87 Å². The van der Waals surface area contributed by atoms with Gasteiger partial charge in [-0.2, -0.15) is 0 Å². The highest BCUT2D eigenvalue weighted by molar-refractivity contribution is 7.07. The first kappa shape index (κ1) is 15.3. The Hall–Kier alpha value is -2.12. The summed E-state index contributed by atoms with van der Waals surface area (Å²) < 4.78 is 0. The number of hydrogen-bond donors (Lipinski definition) is 3. The van der Waals surface area contributed by atoms with Crippen LogP contribution in [0.2, 0.25) is 0 Å². The van der Waals surface area contributed by atoms with Gasteiger partial charge in [0.25, 0.3) is 0 Å². The zero-order chi connectivity index (χ0) is 15.2. The van der Waals surface area contributed by atoms with E-state index in [0.717, 1.165) is 22.6 Å². The average molecular weight is 306 g/mol. The van der Waals surface area contributed by atoms with Crippen LogP contribution in [0.1, 0.15) is 18.1 Å². The number of aliphatic hydroxyl groups is 2. The van der Waals surface area contributed by atoms with E-state index in [4.69, 9.17) is 5.53 Å². The fraction of sp³-hybridized carbons (Fsp3) is 0.308. The lowest BCUT2D eigenvalue weighted by molar-refractivity contribution is 0.0150. The summed E-state index contributed by atoms with van der Waals surface area (Å²) in [4.78, 5) is 16.3. The van der Waals surface area contributed by atoms with Crippen LogP contribution in [0.5, 0.6) is 0 Å². The maximum absolute atomic E-state index is 11.1. The molecule has 2 rings (SSSR count). The second-order valence-electron chi connectivity index (χ2n) is 4.44. The Morgan fingerprint density at radius 2 is 2.05 bits per heavy atom. The molecule has 2 unspecified atom stereocenters. The monoisotopic (exact) mass is 306 g/mol. The van der Waals surface area contributed by atoms with Gasteiger partial charge in [0, 0.05) is 16.8 Å². The van der Waals surface area contributed by atoms with E-state index < -0.39 is 12.2 Å². The molecule has 0 aliphatic heterocycles. The molecule has 0 saturated carbocycles. The summed E-state index contributed by atoms with van der Waals surface area (Å²) in [5, 5.41) is 24.9. The van der Waals surface area contributed by atoms with Crippen LogP contribution in [0, 0.1) is 0 Å². The molecule has 1 heterocycles. The van der Waals surface area contributed by atoms with Crippen LogP contribution >= 0.6 is 11.3 Å². The Labute approximate surface area is 124 Å². The number of H-pyrrole nitrogens is 1. The van der Waals surface area contributed by atoms with E-state index in [1.54, 1.807) is 29.6 Å². The molecule has 7 nitrogen and oxygen atoms in total. The number of thiazole rings is 1. The van der Waals surface area contributed by atoms with Gasteiger partial charge in [0.05, 0.1) is 11.8 Å². The summed E-state index contributed by atoms with van der Waals surface area (Å²) in [6.45, 7) is 0.128. The SMILES string of the molecule is [N-]=[N+]=NCCC(O)C(O)c1ccc(-c2csc(=O)[nH]2)cc1. The molecule has 2 aromatic rings. The average Bonchev–Trinajstić information content (AvgIpc) is 2.93. The first-order valence-corrected chi connectivity index (χ1v) is 7.15. The molecule has 21 heavy (non-hydrogen) atoms. The quantitative estimate of drug-likeness (QED) is 0.430. The van der Waals surface area contributed by atoms with Gasteiger partial charge in [0.1, 0.15) is 6.10 Å². The minimum Gasteiger partial charge on any atom is -0.390 e. The lowest BCUT2D eigenvalue weighted by atomic mass is 10.0. The van der Waals surface area contributed by atoms with Gasteiger partial charge in [0.15, 0.2) is 0 Å². The van der Waals surface area contributed by atoms with Crippen LogP contribution in [0.25, 0.3) is 21.7 Å². The van der Waals surface area contributed by atoms with Crippen molar-refractivity contribution in [2.75, 3.05) is 6.54 Å². The Morgan fingerprint density at radius 3 is 2.62 bits per heavy atom. The molecule has 110 valence electrons. The first-order chi connectivity index (χ1) is 10.1. The molecule has 0 aliphatic rings. The van der Waals surface area contributed by atoms with Crippen LogP contribution in [-0.2, 0) is 0 Å². The van der Waals surface area contributed by atoms with E-state index in [-0.39, 0.29) is 17.8 Å². The molecule has 0 aliphatic carbocycles. The standard InChI is InChI=1S/C13H14N4O3S/c14-17-15-6-5-11(18)12(19)9-3-1-8(2-4-9)10-7-21-13(20)16-10/h1-4,7,11-12,18-19H,5-6H2,(H,16,20). The third kappa shape index (κ3) is 3.93. The van der Waals surface area contributed by atoms with Gasteiger partial charge >= 0.3 is 4.87 Å². The molecule has 1 aromatic heterocycles. The van der Waals surface area contributed by atoms with Crippen LogP contribution in [0.15, 0.2) is 39.6 Å². The van der Waals surface area contributed by atoms with Gasteiger partial charge in [-0.1, -0.05) is 40.7 Å². The Bertz CT molecular complexity index is 688. The lowest BCUT2D eigenvalue weighted by Gasteiger charge is -2.17. The van der Waals surface area contributed by atoms with E-state index in [9.17, 15) is 15.0 Å². The predicted octanol–water partition coefficient (Wildman–Crippen LogP) is 2.20. The highest BCUT2D eigenvalue weighted by Crippen LogP contribution is 2.23. The number of rotatable bonds is 6. The van der Waals surface area contributed by atoms with Crippen molar-refractivity contribution in [3.63, 3.8) is 0 Å². The number of aromatic amines is 1. The van der Waals surface area contributed by atoms with Gasteiger partial charge in [-0.15, -0.1) is 0 Å². The number of azide groups is 1. The smallest absolute Gasteiger partial charge is 0.304 e. The zero-order valence-corrected chi connectivity index (χ0v) is 11.8. The maximum atomic E-state index is 11.1. The molecule has 3 N–H and O–H groups in total. The summed E-state index contributed by atoms with van der Waals surface area (Å²) in [7, 11) is 0. The van der Waals surface area contributed by atoms with Gasteiger partial charge in [-0.3, -0.25) is 4.79 Å². The molecular formula is C13H14N4O3S. The molecule has 2 atom stereocenters. The third-order valence-electron chi connectivity index (χ3n) is 3.04. The van der Waals surface area contributed by atoms with E-state index in [1.807, 2.05) is 0 Å². The largest absolute Gasteiger partial charge is 0.390 e. The van der Waals surface area contributed by atoms with E-state index >= 15 is 0 Å². The van der Waals surface area contributed by atoms with Crippen molar-refractivity contribution < 1.29 is 10.2 Å². The summed E-state index contributed by atoms with van der Waals surface area (Å²) in [6.07, 6.45) is -1.86. The number of nitrogens with zero attached hydrogens (tertiary/aromatic N) is 3. The summed E-state index contributed by atoms with van der Waals surface area (Å²) >= 11 is 1.09. The normalized spacial score (nSPS) is 13.4. The van der Waals surface area contributed by atoms with Crippen molar-refractivity contribution >= 4 is 11.3 Å². The van der Waals surface area contributed by atoms with E-state index in [2.05, 4.69) is 15.0 Å². The maximum Gasteiger partial charge on any atom is 0.304 e. The van der Waals surface area contributed by atoms with Crippen LogP contribution in [0.3, 0.4) is 0 Å². The number of benzene rings is 1. The second-order valence-corrected chi connectivity index (χ2v) is 5.28. The molecule has 0 bridgehead atoms. The van der Waals surface area contributed by atoms with E-state index in [0.29, 0.717) is 5.56 Å². The molecular weight excluding hydrogens is 292 g/mol. The molecule has 0 radical (unpaired) electrons. The predicted molar refractivity (Wildman–Crippen MR) is 80.0 cm³/mol. The number of aliphatic hydroxyl groups excluding tert-OH is 2. The summed E-state index contributed by atoms with van der Waals surface area (Å²) in [5.41, 5.74) is 10.3. The number of hydrogen-bond acceptors (Lipinski definition) is 5. The Balaban J connectivity index is 2.07. The van der Waals surface area contributed by atoms with Crippen molar-refractivity contribution in [1.29, 1.82) is 0 Å². The highest BCUT2D eigenvalue weighted by Gasteiger charge is 2.17. The number of aromatic nitrogens is 1. The fourth-order valence-electron chi connectivity index (χ4n) is 1.90. The van der Waals surface area contributed by atoms with Crippen molar-refractivity contribution in [1.82, 2.24) is 4.98 Å². The molecule has 0 fully saturated rings. The Morgan fingerprint density at radius 1 is 1.33 bits per heavy atom. The lowest BCUT2D eigenvalue weighted by Crippen LogP contribution is -2.19. The summed E-state index contributed by atoms with van der Waals surface area (Å²) in [5.74, 6) is 0. The molecule has 8 heteroatoms. The van der Waals surface area contributed by atoms with Gasteiger partial charge < -0.3 is 15.2 Å². The molecule has 0 saturated heterocycles. The Kier molecular flexibility index (Phi) is 5.13. The molecule has 1 aromatic carbocycles. The minimum absolute atomic E-state index is 0.123. The fourth-order valence-corrected chi connectivity index (χ4v) is 2.48.